The second-order valence-corrected chi connectivity index (χ2v) is 8.49. The normalized spacial score (nSPS) is 21.3. The van der Waals surface area contributed by atoms with Crippen LogP contribution >= 0.6 is 11.8 Å². The predicted octanol–water partition coefficient (Wildman–Crippen LogP) is 6.46. The van der Waals surface area contributed by atoms with Crippen molar-refractivity contribution in [3.8, 4) is 0 Å². The number of thioether (sulfide) groups is 1. The lowest BCUT2D eigenvalue weighted by Gasteiger charge is -2.30. The van der Waals surface area contributed by atoms with Crippen molar-refractivity contribution in [1.29, 1.82) is 0 Å². The van der Waals surface area contributed by atoms with Gasteiger partial charge in [-0.3, -0.25) is 4.99 Å². The van der Waals surface area contributed by atoms with E-state index in [0.717, 1.165) is 29.3 Å². The van der Waals surface area contributed by atoms with E-state index in [9.17, 15) is 0 Å². The quantitative estimate of drug-likeness (QED) is 0.401. The average molecular weight is 357 g/mol. The first kappa shape index (κ1) is 19.9. The van der Waals surface area contributed by atoms with E-state index in [1.807, 2.05) is 13.1 Å². The standard InChI is InChI=1S/C22H32N2S/c1-8-18(9-2)25-21(23-10-3)16(4)17(5)24-15-22(6,7)19-13-11-12-14-20(19)24/h10,13-14,17H,1,9,11-12,15H2,2-7H3/b21-16+,23-10-. The average Bonchev–Trinajstić information content (AvgIpc) is 2.89. The Kier molecular flexibility index (Phi) is 6.59. The minimum absolute atomic E-state index is 0.220. The lowest BCUT2D eigenvalue weighted by atomic mass is 9.84. The van der Waals surface area contributed by atoms with Gasteiger partial charge in [0.15, 0.2) is 0 Å². The van der Waals surface area contributed by atoms with Gasteiger partial charge in [-0.05, 0) is 51.2 Å². The summed E-state index contributed by atoms with van der Waals surface area (Å²) in [5, 5.41) is 1.08. The van der Waals surface area contributed by atoms with Crippen LogP contribution in [0.15, 0.2) is 56.2 Å². The molecule has 1 atom stereocenters. The van der Waals surface area contributed by atoms with Crippen LogP contribution in [0.1, 0.15) is 60.8 Å². The molecule has 3 heteroatoms. The summed E-state index contributed by atoms with van der Waals surface area (Å²) in [7, 11) is 0. The highest BCUT2D eigenvalue weighted by Crippen LogP contribution is 2.46. The number of hydrogen-bond acceptors (Lipinski definition) is 3. The predicted molar refractivity (Wildman–Crippen MR) is 113 cm³/mol. The molecule has 0 radical (unpaired) electrons. The summed E-state index contributed by atoms with van der Waals surface area (Å²) >= 11 is 1.70. The molecule has 0 aromatic rings. The Morgan fingerprint density at radius 2 is 2.12 bits per heavy atom. The van der Waals surface area contributed by atoms with Crippen LogP contribution in [0.4, 0.5) is 0 Å². The lowest BCUT2D eigenvalue weighted by Crippen LogP contribution is -2.32. The van der Waals surface area contributed by atoms with Gasteiger partial charge in [-0.15, -0.1) is 5.73 Å². The number of hydrogen-bond donors (Lipinski definition) is 0. The lowest BCUT2D eigenvalue weighted by molar-refractivity contribution is 0.282. The molecule has 0 aromatic heterocycles. The topological polar surface area (TPSA) is 15.6 Å². The van der Waals surface area contributed by atoms with Crippen LogP contribution in [0.3, 0.4) is 0 Å². The molecular formula is C22H32N2S. The first-order valence-corrected chi connectivity index (χ1v) is 10.1. The van der Waals surface area contributed by atoms with Gasteiger partial charge in [0.2, 0.25) is 0 Å². The van der Waals surface area contributed by atoms with E-state index in [1.165, 1.54) is 23.3 Å². The highest BCUT2D eigenvalue weighted by molar-refractivity contribution is 8.06. The summed E-state index contributed by atoms with van der Waals surface area (Å²) in [5.41, 5.74) is 7.54. The third kappa shape index (κ3) is 4.22. The molecule has 25 heavy (non-hydrogen) atoms. The maximum atomic E-state index is 4.66. The fourth-order valence-electron chi connectivity index (χ4n) is 3.59. The van der Waals surface area contributed by atoms with Crippen LogP contribution in [0, 0.1) is 5.41 Å². The monoisotopic (exact) mass is 356 g/mol. The molecule has 0 saturated carbocycles. The summed E-state index contributed by atoms with van der Waals surface area (Å²) in [5.74, 6) is 0. The number of aliphatic imine (C=N–C) groups is 1. The van der Waals surface area contributed by atoms with E-state index < -0.39 is 0 Å². The number of nitrogens with zero attached hydrogens (tertiary/aromatic N) is 2. The largest absolute Gasteiger partial charge is 0.364 e. The zero-order chi connectivity index (χ0) is 18.6. The Morgan fingerprint density at radius 1 is 1.44 bits per heavy atom. The molecular weight excluding hydrogens is 324 g/mol. The van der Waals surface area contributed by atoms with Gasteiger partial charge >= 0.3 is 0 Å². The van der Waals surface area contributed by atoms with Gasteiger partial charge in [-0.2, -0.15) is 0 Å². The summed E-state index contributed by atoms with van der Waals surface area (Å²) in [6.45, 7) is 18.2. The maximum absolute atomic E-state index is 4.66. The van der Waals surface area contributed by atoms with Gasteiger partial charge in [0.05, 0.1) is 6.04 Å². The molecule has 1 unspecified atom stereocenters. The molecule has 0 amide bonds. The van der Waals surface area contributed by atoms with E-state index >= 15 is 0 Å². The summed E-state index contributed by atoms with van der Waals surface area (Å²) in [6.07, 6.45) is 10.0. The maximum Gasteiger partial charge on any atom is 0.102 e. The van der Waals surface area contributed by atoms with Crippen LogP contribution in [0.2, 0.25) is 0 Å². The molecule has 0 aromatic carbocycles. The van der Waals surface area contributed by atoms with Crippen molar-refractivity contribution in [1.82, 2.24) is 4.90 Å². The Bertz CT molecular complexity index is 685. The Labute approximate surface area is 158 Å². The van der Waals surface area contributed by atoms with Crippen molar-refractivity contribution in [2.75, 3.05) is 6.54 Å². The summed E-state index contributed by atoms with van der Waals surface area (Å²) in [4.78, 5) is 8.37. The second kappa shape index (κ2) is 8.29. The van der Waals surface area contributed by atoms with Crippen molar-refractivity contribution >= 4 is 18.0 Å². The molecule has 136 valence electrons. The van der Waals surface area contributed by atoms with Crippen molar-refractivity contribution in [2.24, 2.45) is 10.4 Å². The highest BCUT2D eigenvalue weighted by Gasteiger charge is 2.40. The molecule has 1 aliphatic carbocycles. The molecule has 0 N–H and O–H groups in total. The molecule has 2 nitrogen and oxygen atoms in total. The second-order valence-electron chi connectivity index (χ2n) is 7.40. The van der Waals surface area contributed by atoms with Crippen LogP contribution in [-0.2, 0) is 0 Å². The van der Waals surface area contributed by atoms with Crippen molar-refractivity contribution < 1.29 is 0 Å². The van der Waals surface area contributed by atoms with Gasteiger partial charge in [0.1, 0.15) is 5.03 Å². The molecule has 1 aliphatic heterocycles. The molecule has 2 rings (SSSR count). The third-order valence-corrected chi connectivity index (χ3v) is 6.45. The Hall–Kier alpha value is -1.44. The first-order valence-electron chi connectivity index (χ1n) is 9.29. The zero-order valence-electron chi connectivity index (χ0n) is 16.6. The third-order valence-electron chi connectivity index (χ3n) is 5.15. The van der Waals surface area contributed by atoms with E-state index in [0.29, 0.717) is 6.04 Å². The molecule has 2 aliphatic rings. The van der Waals surface area contributed by atoms with Gasteiger partial charge < -0.3 is 4.90 Å². The Morgan fingerprint density at radius 3 is 2.72 bits per heavy atom. The first-order chi connectivity index (χ1) is 11.9. The SMILES string of the molecule is C=C=C(CC)SC(/N=C\C)=C(\C)C(C)N1CC(C)(C)C2=CCCC=C21. The smallest absolute Gasteiger partial charge is 0.102 e. The Balaban J connectivity index is 2.36. The molecule has 1 fully saturated rings. The van der Waals surface area contributed by atoms with Gasteiger partial charge in [0, 0.05) is 28.8 Å². The molecule has 0 bridgehead atoms. The van der Waals surface area contributed by atoms with Crippen LogP contribution < -0.4 is 0 Å². The number of rotatable bonds is 6. The van der Waals surface area contributed by atoms with Crippen LogP contribution in [0.25, 0.3) is 0 Å². The van der Waals surface area contributed by atoms with Gasteiger partial charge in [-0.1, -0.05) is 51.3 Å². The highest BCUT2D eigenvalue weighted by atomic mass is 32.2. The van der Waals surface area contributed by atoms with Gasteiger partial charge in [-0.25, -0.2) is 0 Å². The molecule has 1 heterocycles. The van der Waals surface area contributed by atoms with Crippen LogP contribution in [-0.4, -0.2) is 23.7 Å². The number of fused-ring (bicyclic) bond motifs is 1. The van der Waals surface area contributed by atoms with Gasteiger partial charge in [0.25, 0.3) is 0 Å². The van der Waals surface area contributed by atoms with Crippen molar-refractivity contribution in [3.05, 3.63) is 51.2 Å². The minimum Gasteiger partial charge on any atom is -0.364 e. The summed E-state index contributed by atoms with van der Waals surface area (Å²) < 4.78 is 0. The van der Waals surface area contributed by atoms with E-state index in [2.05, 4.69) is 69.0 Å². The van der Waals surface area contributed by atoms with E-state index in [-0.39, 0.29) is 5.41 Å². The molecule has 0 spiro atoms. The minimum atomic E-state index is 0.220. The number of allylic oxidation sites excluding steroid dienone is 4. The van der Waals surface area contributed by atoms with Crippen molar-refractivity contribution in [3.63, 3.8) is 0 Å². The zero-order valence-corrected chi connectivity index (χ0v) is 17.5. The fourth-order valence-corrected chi connectivity index (χ4v) is 4.53. The van der Waals surface area contributed by atoms with E-state index in [4.69, 9.17) is 0 Å². The van der Waals surface area contributed by atoms with Crippen LogP contribution in [0.5, 0.6) is 0 Å². The van der Waals surface area contributed by atoms with E-state index in [1.54, 1.807) is 11.8 Å². The van der Waals surface area contributed by atoms with Crippen molar-refractivity contribution in [2.45, 2.75) is 66.8 Å². The number of likely N-dealkylation sites (tertiary alicyclic amines) is 1. The summed E-state index contributed by atoms with van der Waals surface area (Å²) in [6, 6.07) is 0.323. The molecule has 1 saturated heterocycles. The fraction of sp³-hybridized carbons (Fsp3) is 0.545.